The average Bonchev–Trinajstić information content (AvgIpc) is 3.59. The van der Waals surface area contributed by atoms with Gasteiger partial charge in [0.25, 0.3) is 0 Å². The zero-order valence-electron chi connectivity index (χ0n) is 19.7. The first-order valence-corrected chi connectivity index (χ1v) is 10.6. The lowest BCUT2D eigenvalue weighted by atomic mass is 9.96. The fraction of sp³-hybridized carbons (Fsp3) is 0.417. The number of ether oxygens (including phenoxy) is 3. The SMILES string of the molecule is COC(=O)c1nc(N(C)C(=O)OC(C)(C)C)ccc1-c1cccc(NC2CC2)c1C(=O)OC. The van der Waals surface area contributed by atoms with Crippen LogP contribution in [0, 0.1) is 0 Å². The maximum atomic E-state index is 12.7. The zero-order chi connectivity index (χ0) is 24.3. The number of amides is 1. The van der Waals surface area contributed by atoms with Crippen molar-refractivity contribution in [2.75, 3.05) is 31.5 Å². The van der Waals surface area contributed by atoms with Crippen LogP contribution >= 0.6 is 0 Å². The number of hydrogen-bond acceptors (Lipinski definition) is 8. The first-order valence-electron chi connectivity index (χ1n) is 10.6. The average molecular weight is 456 g/mol. The number of methoxy groups -OCH3 is 2. The van der Waals surface area contributed by atoms with Gasteiger partial charge in [-0.2, -0.15) is 0 Å². The zero-order valence-corrected chi connectivity index (χ0v) is 19.7. The van der Waals surface area contributed by atoms with E-state index in [1.165, 1.54) is 26.2 Å². The largest absolute Gasteiger partial charge is 0.465 e. The predicted molar refractivity (Wildman–Crippen MR) is 124 cm³/mol. The fourth-order valence-corrected chi connectivity index (χ4v) is 3.20. The first-order chi connectivity index (χ1) is 15.6. The Morgan fingerprint density at radius 1 is 1.00 bits per heavy atom. The van der Waals surface area contributed by atoms with Crippen LogP contribution in [-0.4, -0.2) is 55.9 Å². The summed E-state index contributed by atoms with van der Waals surface area (Å²) >= 11 is 0. The molecule has 1 heterocycles. The molecule has 0 radical (unpaired) electrons. The number of carbonyl (C=O) groups is 3. The molecule has 0 unspecified atom stereocenters. The summed E-state index contributed by atoms with van der Waals surface area (Å²) in [6.07, 6.45) is 1.42. The molecule has 1 aromatic carbocycles. The van der Waals surface area contributed by atoms with Crippen molar-refractivity contribution in [3.63, 3.8) is 0 Å². The Balaban J connectivity index is 2.11. The maximum Gasteiger partial charge on any atom is 0.415 e. The van der Waals surface area contributed by atoms with E-state index in [4.69, 9.17) is 14.2 Å². The Morgan fingerprint density at radius 3 is 2.24 bits per heavy atom. The lowest BCUT2D eigenvalue weighted by Crippen LogP contribution is -2.34. The summed E-state index contributed by atoms with van der Waals surface area (Å²) in [4.78, 5) is 43.4. The van der Waals surface area contributed by atoms with Crippen molar-refractivity contribution in [2.24, 2.45) is 0 Å². The Bertz CT molecular complexity index is 1070. The summed E-state index contributed by atoms with van der Waals surface area (Å²) in [5, 5.41) is 3.33. The number of nitrogens with one attached hydrogen (secondary N) is 1. The van der Waals surface area contributed by atoms with Crippen molar-refractivity contribution in [1.82, 2.24) is 4.98 Å². The van der Waals surface area contributed by atoms with E-state index in [9.17, 15) is 14.4 Å². The highest BCUT2D eigenvalue weighted by molar-refractivity contribution is 6.06. The quantitative estimate of drug-likeness (QED) is 0.508. The lowest BCUT2D eigenvalue weighted by Gasteiger charge is -2.24. The van der Waals surface area contributed by atoms with Crippen molar-refractivity contribution in [3.8, 4) is 11.1 Å². The Hall–Kier alpha value is -3.62. The highest BCUT2D eigenvalue weighted by Gasteiger charge is 2.28. The van der Waals surface area contributed by atoms with Crippen molar-refractivity contribution in [1.29, 1.82) is 0 Å². The summed E-state index contributed by atoms with van der Waals surface area (Å²) < 4.78 is 15.3. The molecule has 9 heteroatoms. The molecule has 1 fully saturated rings. The number of anilines is 2. The van der Waals surface area contributed by atoms with Crippen LogP contribution in [0.3, 0.4) is 0 Å². The molecule has 9 nitrogen and oxygen atoms in total. The Morgan fingerprint density at radius 2 is 1.67 bits per heavy atom. The molecule has 0 spiro atoms. The lowest BCUT2D eigenvalue weighted by molar-refractivity contribution is 0.0574. The third-order valence-corrected chi connectivity index (χ3v) is 4.95. The van der Waals surface area contributed by atoms with Gasteiger partial charge in [0.05, 0.1) is 19.8 Å². The van der Waals surface area contributed by atoms with Gasteiger partial charge in [-0.1, -0.05) is 12.1 Å². The minimum Gasteiger partial charge on any atom is -0.465 e. The summed E-state index contributed by atoms with van der Waals surface area (Å²) in [7, 11) is 4.04. The molecule has 0 bridgehead atoms. The summed E-state index contributed by atoms with van der Waals surface area (Å²) in [6.45, 7) is 5.27. The molecule has 0 atom stereocenters. The van der Waals surface area contributed by atoms with Crippen molar-refractivity contribution < 1.29 is 28.6 Å². The van der Waals surface area contributed by atoms with Gasteiger partial charge in [0, 0.05) is 29.9 Å². The molecule has 1 aromatic heterocycles. The van der Waals surface area contributed by atoms with E-state index in [1.54, 1.807) is 51.1 Å². The molecule has 1 aliphatic rings. The molecule has 33 heavy (non-hydrogen) atoms. The molecule has 1 amide bonds. The second kappa shape index (κ2) is 9.48. The Kier molecular flexibility index (Phi) is 6.90. The number of nitrogens with zero attached hydrogens (tertiary/aromatic N) is 2. The van der Waals surface area contributed by atoms with Crippen LogP contribution in [0.15, 0.2) is 30.3 Å². The number of benzene rings is 1. The molecule has 2 aromatic rings. The van der Waals surface area contributed by atoms with Crippen molar-refractivity contribution in [3.05, 3.63) is 41.6 Å². The highest BCUT2D eigenvalue weighted by atomic mass is 16.6. The fourth-order valence-electron chi connectivity index (χ4n) is 3.20. The van der Waals surface area contributed by atoms with Gasteiger partial charge in [-0.05, 0) is 51.8 Å². The third-order valence-electron chi connectivity index (χ3n) is 4.95. The molecular formula is C24H29N3O6. The maximum absolute atomic E-state index is 12.7. The van der Waals surface area contributed by atoms with Gasteiger partial charge < -0.3 is 19.5 Å². The minimum absolute atomic E-state index is 0.0425. The van der Waals surface area contributed by atoms with Crippen LogP contribution in [0.1, 0.15) is 54.5 Å². The number of hydrogen-bond donors (Lipinski definition) is 1. The van der Waals surface area contributed by atoms with Gasteiger partial charge in [0.1, 0.15) is 11.4 Å². The monoisotopic (exact) mass is 455 g/mol. The molecule has 1 N–H and O–H groups in total. The van der Waals surface area contributed by atoms with E-state index >= 15 is 0 Å². The molecule has 3 rings (SSSR count). The molecule has 176 valence electrons. The standard InChI is InChI=1S/C24H29N3O6/c1-24(2,3)33-23(30)27(4)18-13-12-16(20(26-18)22(29)32-6)15-8-7-9-17(25-14-10-11-14)19(15)21(28)31-5/h7-9,12-14,25H,10-11H2,1-6H3. The number of carbonyl (C=O) groups excluding carboxylic acids is 3. The van der Waals surface area contributed by atoms with Crippen LogP contribution in [0.5, 0.6) is 0 Å². The Labute approximate surface area is 193 Å². The van der Waals surface area contributed by atoms with Crippen LogP contribution < -0.4 is 10.2 Å². The summed E-state index contributed by atoms with van der Waals surface area (Å²) in [5.74, 6) is -1.05. The van der Waals surface area contributed by atoms with Gasteiger partial charge in [-0.3, -0.25) is 4.90 Å². The second-order valence-electron chi connectivity index (χ2n) is 8.73. The molecular weight excluding hydrogens is 426 g/mol. The van der Waals surface area contributed by atoms with E-state index in [1.807, 2.05) is 0 Å². The van der Waals surface area contributed by atoms with E-state index in [0.29, 0.717) is 28.4 Å². The highest BCUT2D eigenvalue weighted by Crippen LogP contribution is 2.35. The van der Waals surface area contributed by atoms with E-state index in [2.05, 4.69) is 10.3 Å². The third kappa shape index (κ3) is 5.60. The smallest absolute Gasteiger partial charge is 0.415 e. The van der Waals surface area contributed by atoms with Gasteiger partial charge in [-0.25, -0.2) is 19.4 Å². The summed E-state index contributed by atoms with van der Waals surface area (Å²) in [5.41, 5.74) is 1.02. The molecule has 1 saturated carbocycles. The molecule has 0 saturated heterocycles. The van der Waals surface area contributed by atoms with E-state index < -0.39 is 23.6 Å². The molecule has 0 aliphatic heterocycles. The van der Waals surface area contributed by atoms with Gasteiger partial charge in [0.15, 0.2) is 5.69 Å². The van der Waals surface area contributed by atoms with Crippen LogP contribution in [0.2, 0.25) is 0 Å². The normalized spacial score (nSPS) is 13.2. The number of aromatic nitrogens is 1. The van der Waals surface area contributed by atoms with E-state index in [-0.39, 0.29) is 11.5 Å². The summed E-state index contributed by atoms with van der Waals surface area (Å²) in [6, 6.07) is 8.79. The van der Waals surface area contributed by atoms with Crippen LogP contribution in [0.4, 0.5) is 16.3 Å². The first kappa shape index (κ1) is 24.0. The van der Waals surface area contributed by atoms with Gasteiger partial charge >= 0.3 is 18.0 Å². The predicted octanol–water partition coefficient (Wildman–Crippen LogP) is 4.27. The van der Waals surface area contributed by atoms with Crippen molar-refractivity contribution >= 4 is 29.5 Å². The van der Waals surface area contributed by atoms with E-state index in [0.717, 1.165) is 12.8 Å². The number of esters is 2. The minimum atomic E-state index is -0.708. The van der Waals surface area contributed by atoms with Crippen LogP contribution in [0.25, 0.3) is 11.1 Å². The topological polar surface area (TPSA) is 107 Å². The molecule has 1 aliphatic carbocycles. The number of rotatable bonds is 6. The van der Waals surface area contributed by atoms with Crippen LogP contribution in [-0.2, 0) is 14.2 Å². The number of pyridine rings is 1. The second-order valence-corrected chi connectivity index (χ2v) is 8.73. The van der Waals surface area contributed by atoms with Gasteiger partial charge in [0.2, 0.25) is 0 Å². The van der Waals surface area contributed by atoms with Crippen molar-refractivity contribution in [2.45, 2.75) is 45.3 Å². The van der Waals surface area contributed by atoms with Gasteiger partial charge in [-0.15, -0.1) is 0 Å².